The third-order valence-electron chi connectivity index (χ3n) is 2.11. The smallest absolute Gasteiger partial charge is 0.265 e. The van der Waals surface area contributed by atoms with Crippen molar-refractivity contribution in [2.24, 2.45) is 5.84 Å². The maximum absolute atomic E-state index is 11.4. The molecule has 0 bridgehead atoms. The van der Waals surface area contributed by atoms with Gasteiger partial charge in [0.25, 0.3) is 5.91 Å². The Morgan fingerprint density at radius 1 is 1.29 bits per heavy atom. The summed E-state index contributed by atoms with van der Waals surface area (Å²) in [6.07, 6.45) is 0. The Balaban J connectivity index is 3.23. The topological polar surface area (TPSA) is 55.1 Å². The summed E-state index contributed by atoms with van der Waals surface area (Å²) in [4.78, 5) is 11.4. The molecule has 1 amide bonds. The third-order valence-corrected chi connectivity index (χ3v) is 2.11. The molecule has 3 N–H and O–H groups in total. The Morgan fingerprint density at radius 3 is 2.36 bits per heavy atom. The molecule has 1 rings (SSSR count). The van der Waals surface area contributed by atoms with Crippen LogP contribution in [-0.2, 0) is 5.41 Å². The van der Waals surface area contributed by atoms with Gasteiger partial charge >= 0.3 is 0 Å². The highest BCUT2D eigenvalue weighted by molar-refractivity contribution is 5.95. The molecule has 0 fully saturated rings. The lowest BCUT2D eigenvalue weighted by molar-refractivity contribution is 0.0951. The van der Waals surface area contributed by atoms with E-state index in [1.165, 1.54) is 0 Å². The molecular weight excluding hydrogens is 176 g/mol. The van der Waals surface area contributed by atoms with Gasteiger partial charge < -0.3 is 0 Å². The number of nitrogen functional groups attached to an aromatic ring is 1. The van der Waals surface area contributed by atoms with E-state index in [1.54, 1.807) is 6.07 Å². The van der Waals surface area contributed by atoms with Crippen LogP contribution >= 0.6 is 0 Å². The lowest BCUT2D eigenvalue weighted by Gasteiger charge is -2.21. The van der Waals surface area contributed by atoms with Crippen molar-refractivity contribution in [1.82, 2.24) is 5.43 Å². The molecule has 1 aromatic carbocycles. The Bertz CT molecular complexity index is 339. The van der Waals surface area contributed by atoms with Crippen molar-refractivity contribution in [2.75, 3.05) is 0 Å². The highest BCUT2D eigenvalue weighted by Crippen LogP contribution is 2.25. The van der Waals surface area contributed by atoms with Gasteiger partial charge in [-0.2, -0.15) is 0 Å². The van der Waals surface area contributed by atoms with Crippen molar-refractivity contribution >= 4 is 5.91 Å². The quantitative estimate of drug-likeness (QED) is 0.403. The number of nitrogens with two attached hydrogens (primary N) is 1. The summed E-state index contributed by atoms with van der Waals surface area (Å²) < 4.78 is 0. The molecule has 0 unspecified atom stereocenters. The van der Waals surface area contributed by atoms with E-state index in [2.05, 4.69) is 26.2 Å². The first-order valence-electron chi connectivity index (χ1n) is 4.57. The molecule has 3 heteroatoms. The molecule has 0 heterocycles. The van der Waals surface area contributed by atoms with Gasteiger partial charge in [0.15, 0.2) is 0 Å². The molecule has 0 atom stereocenters. The third kappa shape index (κ3) is 2.12. The molecule has 0 spiro atoms. The van der Waals surface area contributed by atoms with E-state index < -0.39 is 0 Å². The van der Waals surface area contributed by atoms with Gasteiger partial charge in [0.1, 0.15) is 0 Å². The van der Waals surface area contributed by atoms with Gasteiger partial charge in [0.2, 0.25) is 0 Å². The van der Waals surface area contributed by atoms with Gasteiger partial charge in [0, 0.05) is 5.56 Å². The summed E-state index contributed by atoms with van der Waals surface area (Å²) >= 11 is 0. The molecule has 0 radical (unpaired) electrons. The average Bonchev–Trinajstić information content (AvgIpc) is 2.15. The van der Waals surface area contributed by atoms with Crippen LogP contribution in [0.25, 0.3) is 0 Å². The lowest BCUT2D eigenvalue weighted by atomic mass is 9.83. The van der Waals surface area contributed by atoms with E-state index in [9.17, 15) is 4.79 Å². The second kappa shape index (κ2) is 3.80. The summed E-state index contributed by atoms with van der Waals surface area (Å²) in [5.41, 5.74) is 3.75. The molecule has 76 valence electrons. The maximum Gasteiger partial charge on any atom is 0.265 e. The Morgan fingerprint density at radius 2 is 1.86 bits per heavy atom. The average molecular weight is 192 g/mol. The minimum absolute atomic E-state index is 0.0525. The molecule has 0 aliphatic carbocycles. The van der Waals surface area contributed by atoms with E-state index in [0.717, 1.165) is 5.56 Å². The first-order valence-corrected chi connectivity index (χ1v) is 4.57. The number of amides is 1. The zero-order valence-electron chi connectivity index (χ0n) is 8.79. The van der Waals surface area contributed by atoms with Crippen molar-refractivity contribution in [2.45, 2.75) is 26.2 Å². The molecule has 0 aliphatic heterocycles. The van der Waals surface area contributed by atoms with Gasteiger partial charge in [-0.3, -0.25) is 10.2 Å². The van der Waals surface area contributed by atoms with Crippen LogP contribution in [0.5, 0.6) is 0 Å². The molecule has 0 aliphatic rings. The number of benzene rings is 1. The number of rotatable bonds is 1. The first kappa shape index (κ1) is 10.7. The summed E-state index contributed by atoms with van der Waals surface area (Å²) in [5, 5.41) is 0. The first-order chi connectivity index (χ1) is 6.46. The second-order valence-corrected chi connectivity index (χ2v) is 4.27. The van der Waals surface area contributed by atoms with Crippen LogP contribution < -0.4 is 11.3 Å². The van der Waals surface area contributed by atoms with Crippen molar-refractivity contribution in [3.63, 3.8) is 0 Å². The van der Waals surface area contributed by atoms with Crippen molar-refractivity contribution in [3.05, 3.63) is 35.4 Å². The summed E-state index contributed by atoms with van der Waals surface area (Å²) in [5.74, 6) is 4.88. The molecule has 14 heavy (non-hydrogen) atoms. The Labute approximate surface area is 84.3 Å². The molecule has 1 aromatic rings. The number of hydrogen-bond donors (Lipinski definition) is 2. The SMILES string of the molecule is CC(C)(C)c1ccccc1C(=O)NN. The minimum atomic E-state index is -0.240. The van der Waals surface area contributed by atoms with Crippen LogP contribution in [0.2, 0.25) is 0 Å². The molecule has 0 saturated carbocycles. The van der Waals surface area contributed by atoms with E-state index >= 15 is 0 Å². The van der Waals surface area contributed by atoms with Crippen LogP contribution in [0.3, 0.4) is 0 Å². The molecular formula is C11H16N2O. The highest BCUT2D eigenvalue weighted by Gasteiger charge is 2.20. The largest absolute Gasteiger partial charge is 0.290 e. The van der Waals surface area contributed by atoms with Gasteiger partial charge in [-0.25, -0.2) is 5.84 Å². The minimum Gasteiger partial charge on any atom is -0.290 e. The second-order valence-electron chi connectivity index (χ2n) is 4.27. The molecule has 3 nitrogen and oxygen atoms in total. The van der Waals surface area contributed by atoms with Crippen LogP contribution in [0.1, 0.15) is 36.7 Å². The number of nitrogens with one attached hydrogen (secondary N) is 1. The zero-order chi connectivity index (χ0) is 10.8. The number of carbonyl (C=O) groups excluding carboxylic acids is 1. The monoisotopic (exact) mass is 192 g/mol. The number of carbonyl (C=O) groups is 1. The highest BCUT2D eigenvalue weighted by atomic mass is 16.2. The predicted molar refractivity (Wildman–Crippen MR) is 56.8 cm³/mol. The van der Waals surface area contributed by atoms with E-state index in [0.29, 0.717) is 5.56 Å². The van der Waals surface area contributed by atoms with Crippen molar-refractivity contribution in [1.29, 1.82) is 0 Å². The summed E-state index contributed by atoms with van der Waals surface area (Å²) in [6, 6.07) is 7.49. The number of hydrazine groups is 1. The van der Waals surface area contributed by atoms with Crippen molar-refractivity contribution in [3.8, 4) is 0 Å². The van der Waals surface area contributed by atoms with Crippen LogP contribution in [0.4, 0.5) is 0 Å². The van der Waals surface area contributed by atoms with Gasteiger partial charge in [-0.15, -0.1) is 0 Å². The van der Waals surface area contributed by atoms with E-state index in [1.807, 2.05) is 18.2 Å². The van der Waals surface area contributed by atoms with E-state index in [4.69, 9.17) is 5.84 Å². The number of hydrogen-bond acceptors (Lipinski definition) is 2. The summed E-state index contributed by atoms with van der Waals surface area (Å²) in [7, 11) is 0. The lowest BCUT2D eigenvalue weighted by Crippen LogP contribution is -2.32. The fraction of sp³-hybridized carbons (Fsp3) is 0.364. The van der Waals surface area contributed by atoms with Crippen molar-refractivity contribution < 1.29 is 4.79 Å². The maximum atomic E-state index is 11.4. The zero-order valence-corrected chi connectivity index (χ0v) is 8.79. The van der Waals surface area contributed by atoms with Crippen LogP contribution in [0, 0.1) is 0 Å². The Kier molecular flexibility index (Phi) is 2.91. The van der Waals surface area contributed by atoms with Gasteiger partial charge in [0.05, 0.1) is 0 Å². The summed E-state index contributed by atoms with van der Waals surface area (Å²) in [6.45, 7) is 6.20. The molecule has 0 saturated heterocycles. The van der Waals surface area contributed by atoms with Crippen LogP contribution in [0.15, 0.2) is 24.3 Å². The molecule has 0 aromatic heterocycles. The Hall–Kier alpha value is -1.35. The fourth-order valence-corrected chi connectivity index (χ4v) is 1.41. The van der Waals surface area contributed by atoms with Gasteiger partial charge in [-0.05, 0) is 17.0 Å². The van der Waals surface area contributed by atoms with Crippen LogP contribution in [-0.4, -0.2) is 5.91 Å². The standard InChI is InChI=1S/C11H16N2O/c1-11(2,3)9-7-5-4-6-8(9)10(14)13-12/h4-7H,12H2,1-3H3,(H,13,14). The van der Waals surface area contributed by atoms with Gasteiger partial charge in [-0.1, -0.05) is 39.0 Å². The normalized spacial score (nSPS) is 11.1. The predicted octanol–water partition coefficient (Wildman–Crippen LogP) is 1.59. The van der Waals surface area contributed by atoms with E-state index in [-0.39, 0.29) is 11.3 Å². The fourth-order valence-electron chi connectivity index (χ4n) is 1.41.